The molecule has 1 heterocycles. The number of amides is 2. The summed E-state index contributed by atoms with van der Waals surface area (Å²) in [5.41, 5.74) is 0.264. The minimum absolute atomic E-state index is 0.0243. The molecule has 0 saturated heterocycles. The van der Waals surface area contributed by atoms with Gasteiger partial charge in [0.15, 0.2) is 5.57 Å². The van der Waals surface area contributed by atoms with Gasteiger partial charge in [0.25, 0.3) is 11.8 Å². The Balaban J connectivity index is 2.30. The summed E-state index contributed by atoms with van der Waals surface area (Å²) in [5, 5.41) is 14.9. The number of nitrogens with zero attached hydrogens (tertiary/aromatic N) is 1. The largest absolute Gasteiger partial charge is 0.462 e. The van der Waals surface area contributed by atoms with Gasteiger partial charge in [-0.2, -0.15) is 0 Å². The molecule has 0 bridgehead atoms. The average molecular weight is 452 g/mol. The van der Waals surface area contributed by atoms with Crippen molar-refractivity contribution in [2.24, 2.45) is 0 Å². The van der Waals surface area contributed by atoms with E-state index in [2.05, 4.69) is 10.6 Å². The summed E-state index contributed by atoms with van der Waals surface area (Å²) >= 11 is 6.05. The third-order valence-corrected chi connectivity index (χ3v) is 4.18. The number of esters is 2. The van der Waals surface area contributed by atoms with Crippen molar-refractivity contribution in [1.29, 1.82) is 0 Å². The van der Waals surface area contributed by atoms with Crippen molar-refractivity contribution in [3.05, 3.63) is 46.8 Å². The Morgan fingerprint density at radius 1 is 1.13 bits per heavy atom. The van der Waals surface area contributed by atoms with Crippen LogP contribution in [0.2, 0.25) is 5.02 Å². The summed E-state index contributed by atoms with van der Waals surface area (Å²) in [6, 6.07) is 4.58. The maximum Gasteiger partial charge on any atom is 0.347 e. The molecule has 11 heteroatoms. The first kappa shape index (κ1) is 23.9. The zero-order chi connectivity index (χ0) is 23.0. The van der Waals surface area contributed by atoms with Crippen LogP contribution in [-0.2, 0) is 28.7 Å². The molecule has 1 aliphatic heterocycles. The predicted octanol–water partition coefficient (Wildman–Crippen LogP) is 1.42. The number of aliphatic hydroxyl groups excluding tert-OH is 1. The molecule has 0 atom stereocenters. The lowest BCUT2D eigenvalue weighted by molar-refractivity contribution is -0.146. The third-order valence-electron chi connectivity index (χ3n) is 3.95. The number of hydrogen-bond acceptors (Lipinski definition) is 9. The van der Waals surface area contributed by atoms with Crippen molar-refractivity contribution in [3.63, 3.8) is 0 Å². The van der Waals surface area contributed by atoms with Crippen LogP contribution in [0.5, 0.6) is 0 Å². The van der Waals surface area contributed by atoms with Gasteiger partial charge in [-0.15, -0.1) is 0 Å². The van der Waals surface area contributed by atoms with E-state index in [1.54, 1.807) is 26.0 Å². The van der Waals surface area contributed by atoms with Gasteiger partial charge in [0.2, 0.25) is 0 Å². The van der Waals surface area contributed by atoms with Crippen molar-refractivity contribution < 1.29 is 33.8 Å². The molecule has 0 aromatic heterocycles. The summed E-state index contributed by atoms with van der Waals surface area (Å²) < 4.78 is 9.75. The number of carbonyl (C=O) groups is 4. The van der Waals surface area contributed by atoms with Crippen molar-refractivity contribution in [2.45, 2.75) is 13.8 Å². The molecule has 0 radical (unpaired) electrons. The second-order valence-corrected chi connectivity index (χ2v) is 6.47. The number of rotatable bonds is 10. The van der Waals surface area contributed by atoms with E-state index in [1.807, 2.05) is 0 Å². The molecule has 1 aromatic rings. The lowest BCUT2D eigenvalue weighted by atomic mass is 10.2. The maximum atomic E-state index is 12.4. The standard InChI is InChI=1S/C20H22ClN3O7/c1-3-30-19(28)13(20(29)31-4-2)11-22-14-6-5-12(21)9-15(14)23-16-10-17(26)24(7-8-25)18(16)27/h5-6,9-11,22-23,25H,3-4,7-8H2,1-2H3. The number of nitrogens with one attached hydrogen (secondary N) is 2. The first-order chi connectivity index (χ1) is 14.8. The molecule has 1 aliphatic rings. The van der Waals surface area contributed by atoms with E-state index in [9.17, 15) is 19.2 Å². The predicted molar refractivity (Wildman–Crippen MR) is 112 cm³/mol. The third kappa shape index (κ3) is 6.06. The number of halogens is 1. The first-order valence-electron chi connectivity index (χ1n) is 9.38. The smallest absolute Gasteiger partial charge is 0.347 e. The van der Waals surface area contributed by atoms with E-state index in [-0.39, 0.29) is 37.6 Å². The molecule has 0 aliphatic carbocycles. The van der Waals surface area contributed by atoms with E-state index in [0.29, 0.717) is 16.4 Å². The van der Waals surface area contributed by atoms with Gasteiger partial charge in [-0.1, -0.05) is 11.6 Å². The Morgan fingerprint density at radius 3 is 2.35 bits per heavy atom. The number of ether oxygens (including phenoxy) is 2. The molecule has 2 rings (SSSR count). The number of imide groups is 1. The van der Waals surface area contributed by atoms with Gasteiger partial charge in [0.05, 0.1) is 37.7 Å². The second kappa shape index (κ2) is 11.1. The van der Waals surface area contributed by atoms with Crippen LogP contribution < -0.4 is 10.6 Å². The minimum Gasteiger partial charge on any atom is -0.462 e. The molecule has 0 fully saturated rings. The second-order valence-electron chi connectivity index (χ2n) is 6.03. The van der Waals surface area contributed by atoms with Gasteiger partial charge in [0.1, 0.15) is 5.70 Å². The van der Waals surface area contributed by atoms with Gasteiger partial charge in [0, 0.05) is 17.3 Å². The highest BCUT2D eigenvalue weighted by Crippen LogP contribution is 2.28. The quantitative estimate of drug-likeness (QED) is 0.159. The Morgan fingerprint density at radius 2 is 1.77 bits per heavy atom. The van der Waals surface area contributed by atoms with Crippen LogP contribution in [0.25, 0.3) is 0 Å². The fourth-order valence-corrected chi connectivity index (χ4v) is 2.74. The molecule has 3 N–H and O–H groups in total. The zero-order valence-corrected chi connectivity index (χ0v) is 17.7. The number of aliphatic hydroxyl groups is 1. The highest BCUT2D eigenvalue weighted by Gasteiger charge is 2.31. The van der Waals surface area contributed by atoms with Crippen molar-refractivity contribution in [1.82, 2.24) is 4.90 Å². The van der Waals surface area contributed by atoms with Crippen LogP contribution in [0.4, 0.5) is 11.4 Å². The maximum absolute atomic E-state index is 12.4. The van der Waals surface area contributed by atoms with E-state index >= 15 is 0 Å². The monoisotopic (exact) mass is 451 g/mol. The topological polar surface area (TPSA) is 134 Å². The highest BCUT2D eigenvalue weighted by atomic mass is 35.5. The van der Waals surface area contributed by atoms with Crippen molar-refractivity contribution in [2.75, 3.05) is 37.0 Å². The molecular weight excluding hydrogens is 430 g/mol. The summed E-state index contributed by atoms with van der Waals surface area (Å²) in [6.45, 7) is 2.84. The lowest BCUT2D eigenvalue weighted by Gasteiger charge is -2.15. The Labute approximate surface area is 183 Å². The van der Waals surface area contributed by atoms with Gasteiger partial charge in [-0.05, 0) is 32.0 Å². The van der Waals surface area contributed by atoms with E-state index < -0.39 is 23.8 Å². The first-order valence-corrected chi connectivity index (χ1v) is 9.76. The van der Waals surface area contributed by atoms with Crippen LogP contribution in [0.1, 0.15) is 13.8 Å². The van der Waals surface area contributed by atoms with E-state index in [4.69, 9.17) is 26.2 Å². The van der Waals surface area contributed by atoms with Gasteiger partial charge in [-0.25, -0.2) is 9.59 Å². The van der Waals surface area contributed by atoms with Crippen LogP contribution in [0, 0.1) is 0 Å². The Hall–Kier alpha value is -3.37. The number of anilines is 2. The average Bonchev–Trinajstić information content (AvgIpc) is 2.98. The SMILES string of the molecule is CCOC(=O)C(=CNc1ccc(Cl)cc1NC1=CC(=O)N(CCO)C1=O)C(=O)OCC. The fraction of sp³-hybridized carbons (Fsp3) is 0.300. The summed E-state index contributed by atoms with van der Waals surface area (Å²) in [5.74, 6) is -2.91. The molecule has 0 spiro atoms. The molecule has 0 unspecified atom stereocenters. The molecular formula is C20H22ClN3O7. The molecule has 1 aromatic carbocycles. The van der Waals surface area contributed by atoms with Crippen LogP contribution in [0.15, 0.2) is 41.7 Å². The van der Waals surface area contributed by atoms with Crippen LogP contribution >= 0.6 is 11.6 Å². The van der Waals surface area contributed by atoms with E-state index in [1.165, 1.54) is 6.07 Å². The Bertz CT molecular complexity index is 923. The number of β-amino-alcohol motifs (C(OH)–C–C–N with tert-alkyl or cyclic N) is 1. The lowest BCUT2D eigenvalue weighted by Crippen LogP contribution is -2.34. The molecule has 166 valence electrons. The van der Waals surface area contributed by atoms with Gasteiger partial charge < -0.3 is 25.2 Å². The normalized spacial score (nSPS) is 12.9. The van der Waals surface area contributed by atoms with Gasteiger partial charge in [-0.3, -0.25) is 14.5 Å². The fourth-order valence-electron chi connectivity index (χ4n) is 2.57. The van der Waals surface area contributed by atoms with E-state index in [0.717, 1.165) is 17.2 Å². The number of carbonyl (C=O) groups excluding carboxylic acids is 4. The molecule has 0 saturated carbocycles. The number of hydrogen-bond donors (Lipinski definition) is 3. The molecule has 10 nitrogen and oxygen atoms in total. The minimum atomic E-state index is -0.865. The summed E-state index contributed by atoms with van der Waals surface area (Å²) in [7, 11) is 0. The Kier molecular flexibility index (Phi) is 8.59. The zero-order valence-electron chi connectivity index (χ0n) is 16.9. The summed E-state index contributed by atoms with van der Waals surface area (Å²) in [4.78, 5) is 49.4. The van der Waals surface area contributed by atoms with Crippen molar-refractivity contribution in [3.8, 4) is 0 Å². The van der Waals surface area contributed by atoms with Crippen molar-refractivity contribution >= 4 is 46.7 Å². The highest BCUT2D eigenvalue weighted by molar-refractivity contribution is 6.31. The van der Waals surface area contributed by atoms with Crippen LogP contribution in [-0.4, -0.2) is 60.1 Å². The molecule has 2 amide bonds. The van der Waals surface area contributed by atoms with Gasteiger partial charge >= 0.3 is 11.9 Å². The van der Waals surface area contributed by atoms with Crippen LogP contribution in [0.3, 0.4) is 0 Å². The summed E-state index contributed by atoms with van der Waals surface area (Å²) in [6.07, 6.45) is 2.22. The number of benzene rings is 1. The molecule has 31 heavy (non-hydrogen) atoms.